The molecular weight excluding hydrogens is 593 g/mol. The Hall–Kier alpha value is 0.399. The molecule has 0 rings (SSSR count). The Morgan fingerprint density at radius 3 is 0.476 bits per heavy atom. The molecule has 0 N–H and O–H groups in total. The van der Waals surface area contributed by atoms with E-state index >= 15 is 0 Å². The number of carbonyl (C=O) groups excluding carboxylic acids is 4. The molecule has 8 nitrogen and oxygen atoms in total. The van der Waals surface area contributed by atoms with Gasteiger partial charge in [0, 0.05) is 23.9 Å². The third kappa shape index (κ3) is 38.4. The van der Waals surface area contributed by atoms with E-state index < -0.39 is 23.9 Å². The molecule has 0 aliphatic rings. The van der Waals surface area contributed by atoms with Crippen molar-refractivity contribution in [3.63, 3.8) is 0 Å². The van der Waals surface area contributed by atoms with E-state index in [1.807, 2.05) is 55.4 Å². The smallest absolute Gasteiger partial charge is 0.550 e. The Bertz CT molecular complexity index is 489. The molecule has 0 spiro atoms. The molecule has 0 aliphatic carbocycles. The van der Waals surface area contributed by atoms with Crippen LogP contribution >= 0.6 is 0 Å². The molecule has 10 heteroatoms. The van der Waals surface area contributed by atoms with Crippen LogP contribution in [0.3, 0.4) is 0 Å². The molecule has 0 atom stereocenters. The second-order valence-electron chi connectivity index (χ2n) is 10.4. The van der Waals surface area contributed by atoms with Gasteiger partial charge in [-0.25, -0.2) is 0 Å². The Kier molecular flexibility index (Phi) is 54.1. The predicted molar refractivity (Wildman–Crippen MR) is 165 cm³/mol. The van der Waals surface area contributed by atoms with Crippen molar-refractivity contribution in [2.24, 2.45) is 23.7 Å². The average Bonchev–Trinajstić information content (AvgIpc) is 2.89. The van der Waals surface area contributed by atoms with Gasteiger partial charge in [0.1, 0.15) is 0 Å². The zero-order valence-electron chi connectivity index (χ0n) is 28.3. The van der Waals surface area contributed by atoms with E-state index in [2.05, 4.69) is 0 Å². The summed E-state index contributed by atoms with van der Waals surface area (Å²) in [6.45, 7) is 15.9. The fraction of sp³-hybridized carbons (Fsp3) is 0.875. The van der Waals surface area contributed by atoms with Crippen LogP contribution in [0.4, 0.5) is 0 Å². The first-order valence-electron chi connectivity index (χ1n) is 15.7. The molecule has 42 heavy (non-hydrogen) atoms. The largest absolute Gasteiger partial charge is 2.00 e. The second kappa shape index (κ2) is 41.4. The molecular formula is C32H60Ca2O8. The molecule has 0 aliphatic heterocycles. The van der Waals surface area contributed by atoms with Crippen LogP contribution in [0.2, 0.25) is 0 Å². The minimum atomic E-state index is -0.885. The first kappa shape index (κ1) is 54.8. The van der Waals surface area contributed by atoms with Crippen LogP contribution in [0.1, 0.15) is 158 Å². The molecule has 0 bridgehead atoms. The van der Waals surface area contributed by atoms with Gasteiger partial charge in [0.2, 0.25) is 0 Å². The average molecular weight is 653 g/mol. The first-order chi connectivity index (χ1) is 18.9. The Labute approximate surface area is 317 Å². The number of carbonyl (C=O) groups is 4. The fourth-order valence-electron chi connectivity index (χ4n) is 4.31. The molecule has 0 unspecified atom stereocenters. The monoisotopic (exact) mass is 652 g/mol. The molecule has 0 saturated carbocycles. The predicted octanol–water partition coefficient (Wildman–Crippen LogP) is 3.05. The van der Waals surface area contributed by atoms with Gasteiger partial charge in [-0.3, -0.25) is 0 Å². The summed E-state index contributed by atoms with van der Waals surface area (Å²) in [5, 5.41) is 41.5. The SMILES string of the molecule is CCCC(CCC)C(=O)[O-].CCCC(CCC)C(=O)[O-].CCCC(CCC)C(=O)[O-].CCCC(CCC)C(=O)[O-].[Ca+2].[Ca+2]. The Balaban J connectivity index is -0.000000101. The van der Waals surface area contributed by atoms with E-state index in [0.29, 0.717) is 0 Å². The molecule has 0 amide bonds. The van der Waals surface area contributed by atoms with Crippen LogP contribution in [0.5, 0.6) is 0 Å². The van der Waals surface area contributed by atoms with Crippen LogP contribution < -0.4 is 20.4 Å². The van der Waals surface area contributed by atoms with Gasteiger partial charge in [0.25, 0.3) is 0 Å². The summed E-state index contributed by atoms with van der Waals surface area (Å²) in [6, 6.07) is 0. The third-order valence-electron chi connectivity index (χ3n) is 6.43. The standard InChI is InChI=1S/4C8H16O2.2Ca/c4*1-3-5-7(6-4-2)8(9)10;;/h4*7H,3-6H2,1-2H3,(H,9,10);;/q;;;;2*+2/p-4. The van der Waals surface area contributed by atoms with Gasteiger partial charge in [-0.15, -0.1) is 0 Å². The van der Waals surface area contributed by atoms with Gasteiger partial charge in [-0.2, -0.15) is 0 Å². The van der Waals surface area contributed by atoms with Gasteiger partial charge in [0.15, 0.2) is 0 Å². The molecule has 240 valence electrons. The van der Waals surface area contributed by atoms with E-state index in [4.69, 9.17) is 0 Å². The summed E-state index contributed by atoms with van der Waals surface area (Å²) >= 11 is 0. The first-order valence-corrected chi connectivity index (χ1v) is 15.7. The molecule has 0 aromatic carbocycles. The number of hydrogen-bond donors (Lipinski definition) is 0. The third-order valence-corrected chi connectivity index (χ3v) is 6.43. The zero-order chi connectivity index (χ0) is 31.9. The summed E-state index contributed by atoms with van der Waals surface area (Å²) in [7, 11) is 0. The van der Waals surface area contributed by atoms with E-state index in [1.54, 1.807) is 0 Å². The Morgan fingerprint density at radius 1 is 0.333 bits per heavy atom. The second-order valence-corrected chi connectivity index (χ2v) is 10.4. The quantitative estimate of drug-likeness (QED) is 0.181. The van der Waals surface area contributed by atoms with Crippen molar-refractivity contribution in [2.75, 3.05) is 0 Å². The topological polar surface area (TPSA) is 161 Å². The molecule has 0 aromatic rings. The zero-order valence-corrected chi connectivity index (χ0v) is 32.7. The maximum atomic E-state index is 10.4. The van der Waals surface area contributed by atoms with E-state index in [9.17, 15) is 39.6 Å². The summed E-state index contributed by atoms with van der Waals surface area (Å²) in [5.74, 6) is -4.39. The normalized spacial score (nSPS) is 9.81. The van der Waals surface area contributed by atoms with Crippen LogP contribution in [0, 0.1) is 23.7 Å². The minimum absolute atomic E-state index is 0. The van der Waals surface area contributed by atoms with Crippen molar-refractivity contribution < 1.29 is 39.6 Å². The number of rotatable bonds is 20. The van der Waals surface area contributed by atoms with Gasteiger partial charge < -0.3 is 39.6 Å². The van der Waals surface area contributed by atoms with Gasteiger partial charge in [-0.1, -0.05) is 107 Å². The van der Waals surface area contributed by atoms with E-state index in [1.165, 1.54) is 0 Å². The van der Waals surface area contributed by atoms with Crippen LogP contribution in [0.15, 0.2) is 0 Å². The Morgan fingerprint density at radius 2 is 0.429 bits per heavy atom. The maximum Gasteiger partial charge on any atom is 2.00 e. The van der Waals surface area contributed by atoms with Gasteiger partial charge in [0.05, 0.1) is 0 Å². The van der Waals surface area contributed by atoms with Crippen molar-refractivity contribution in [2.45, 2.75) is 158 Å². The van der Waals surface area contributed by atoms with Gasteiger partial charge >= 0.3 is 75.5 Å². The van der Waals surface area contributed by atoms with Crippen LogP contribution in [0.25, 0.3) is 0 Å². The van der Waals surface area contributed by atoms with Crippen molar-refractivity contribution in [3.8, 4) is 0 Å². The van der Waals surface area contributed by atoms with Crippen molar-refractivity contribution in [1.29, 1.82) is 0 Å². The summed E-state index contributed by atoms with van der Waals surface area (Å²) in [5.41, 5.74) is 0. The molecule has 0 fully saturated rings. The molecule has 0 aromatic heterocycles. The number of carboxylic acids is 4. The fourth-order valence-corrected chi connectivity index (χ4v) is 4.31. The summed E-state index contributed by atoms with van der Waals surface area (Å²) in [6.07, 6.45) is 13.5. The number of aliphatic carboxylic acids is 4. The summed E-state index contributed by atoms with van der Waals surface area (Å²) in [4.78, 5) is 41.5. The molecule has 0 saturated heterocycles. The summed E-state index contributed by atoms with van der Waals surface area (Å²) < 4.78 is 0. The maximum absolute atomic E-state index is 10.4. The van der Waals surface area contributed by atoms with Crippen LogP contribution in [-0.2, 0) is 19.2 Å². The van der Waals surface area contributed by atoms with Crippen molar-refractivity contribution in [3.05, 3.63) is 0 Å². The molecule has 0 heterocycles. The van der Waals surface area contributed by atoms with Crippen molar-refractivity contribution >= 4 is 99.4 Å². The van der Waals surface area contributed by atoms with E-state index in [-0.39, 0.29) is 99.1 Å². The molecule has 0 radical (unpaired) electrons. The minimum Gasteiger partial charge on any atom is -0.550 e. The van der Waals surface area contributed by atoms with E-state index in [0.717, 1.165) is 103 Å². The number of hydrogen-bond acceptors (Lipinski definition) is 8. The number of carboxylic acid groups (broad SMARTS) is 4. The van der Waals surface area contributed by atoms with Crippen molar-refractivity contribution in [1.82, 2.24) is 0 Å². The van der Waals surface area contributed by atoms with Gasteiger partial charge in [-0.05, 0) is 75.0 Å². The van der Waals surface area contributed by atoms with Crippen LogP contribution in [-0.4, -0.2) is 99.4 Å².